The molecule has 1 aliphatic rings. The van der Waals surface area contributed by atoms with Gasteiger partial charge in [0.05, 0.1) is 10.4 Å². The van der Waals surface area contributed by atoms with Crippen LogP contribution in [-0.4, -0.2) is 42.4 Å². The summed E-state index contributed by atoms with van der Waals surface area (Å²) in [5, 5.41) is 4.58. The van der Waals surface area contributed by atoms with Crippen LogP contribution in [0.15, 0.2) is 41.8 Å². The Bertz CT molecular complexity index is 840. The number of hydrogen-bond acceptors (Lipinski definition) is 5. The Kier molecular flexibility index (Phi) is 6.46. The molecule has 148 valence electrons. The number of anilines is 1. The van der Waals surface area contributed by atoms with Gasteiger partial charge in [-0.1, -0.05) is 26.0 Å². The number of carbonyl (C=O) groups is 3. The fourth-order valence-electron chi connectivity index (χ4n) is 3.49. The summed E-state index contributed by atoms with van der Waals surface area (Å²) in [6.45, 7) is 5.37. The van der Waals surface area contributed by atoms with Crippen LogP contribution < -0.4 is 5.32 Å². The highest BCUT2D eigenvalue weighted by Gasteiger charge is 2.26. The van der Waals surface area contributed by atoms with E-state index < -0.39 is 5.97 Å². The first-order valence-electron chi connectivity index (χ1n) is 9.32. The van der Waals surface area contributed by atoms with Crippen molar-refractivity contribution in [1.82, 2.24) is 4.90 Å². The minimum absolute atomic E-state index is 0.172. The molecule has 1 saturated heterocycles. The van der Waals surface area contributed by atoms with E-state index in [0.29, 0.717) is 35.5 Å². The van der Waals surface area contributed by atoms with Crippen LogP contribution in [0, 0.1) is 11.8 Å². The van der Waals surface area contributed by atoms with E-state index in [9.17, 15) is 14.4 Å². The molecule has 1 fully saturated rings. The number of rotatable bonds is 5. The molecule has 3 rings (SSSR count). The van der Waals surface area contributed by atoms with Gasteiger partial charge in [0, 0.05) is 18.8 Å². The number of benzene rings is 1. The molecule has 1 aromatic heterocycles. The van der Waals surface area contributed by atoms with Crippen molar-refractivity contribution in [3.63, 3.8) is 0 Å². The molecule has 7 heteroatoms. The molecule has 28 heavy (non-hydrogen) atoms. The highest BCUT2D eigenvalue weighted by atomic mass is 32.1. The minimum Gasteiger partial charge on any atom is -0.452 e. The molecule has 2 amide bonds. The van der Waals surface area contributed by atoms with Crippen molar-refractivity contribution in [2.45, 2.75) is 20.3 Å². The molecule has 0 aliphatic carbocycles. The zero-order chi connectivity index (χ0) is 20.1. The Labute approximate surface area is 168 Å². The van der Waals surface area contributed by atoms with Gasteiger partial charge in [0.15, 0.2) is 6.61 Å². The fraction of sp³-hybridized carbons (Fsp3) is 0.381. The lowest BCUT2D eigenvalue weighted by Crippen LogP contribution is -2.44. The van der Waals surface area contributed by atoms with Gasteiger partial charge in [-0.15, -0.1) is 11.3 Å². The minimum atomic E-state index is -0.585. The number of carbonyl (C=O) groups excluding carboxylic acids is 3. The number of piperidine rings is 1. The van der Waals surface area contributed by atoms with Gasteiger partial charge in [-0.2, -0.15) is 0 Å². The molecule has 2 atom stereocenters. The van der Waals surface area contributed by atoms with E-state index in [0.717, 1.165) is 6.42 Å². The number of thiophene rings is 1. The van der Waals surface area contributed by atoms with Crippen molar-refractivity contribution in [2.24, 2.45) is 11.8 Å². The normalized spacial score (nSPS) is 19.1. The van der Waals surface area contributed by atoms with Crippen molar-refractivity contribution in [1.29, 1.82) is 0 Å². The molecule has 0 bridgehead atoms. The van der Waals surface area contributed by atoms with E-state index in [2.05, 4.69) is 19.2 Å². The fourth-order valence-corrected chi connectivity index (χ4v) is 4.11. The largest absolute Gasteiger partial charge is 0.452 e. The summed E-state index contributed by atoms with van der Waals surface area (Å²) in [6, 6.07) is 10.0. The quantitative estimate of drug-likeness (QED) is 0.777. The van der Waals surface area contributed by atoms with Gasteiger partial charge in [-0.3, -0.25) is 9.59 Å². The second-order valence-corrected chi connectivity index (χ2v) is 8.28. The molecular formula is C21H24N2O4S. The maximum Gasteiger partial charge on any atom is 0.338 e. The summed E-state index contributed by atoms with van der Waals surface area (Å²) >= 11 is 1.34. The average molecular weight is 401 g/mol. The first kappa shape index (κ1) is 20.1. The standard InChI is InChI=1S/C21H24N2O4S/c1-14-9-15(2)12-23(11-14)19(24)13-27-21(26)16-5-3-6-17(10-16)22-20(25)18-7-4-8-28-18/h3-8,10,14-15H,9,11-13H2,1-2H3,(H,22,25). The molecule has 0 radical (unpaired) electrons. The van der Waals surface area contributed by atoms with E-state index in [1.165, 1.54) is 11.3 Å². The number of hydrogen-bond donors (Lipinski definition) is 1. The number of nitrogens with zero attached hydrogens (tertiary/aromatic N) is 1. The summed E-state index contributed by atoms with van der Waals surface area (Å²) in [6.07, 6.45) is 1.10. The van der Waals surface area contributed by atoms with Crippen molar-refractivity contribution < 1.29 is 19.1 Å². The van der Waals surface area contributed by atoms with Gasteiger partial charge in [0.25, 0.3) is 11.8 Å². The summed E-state index contributed by atoms with van der Waals surface area (Å²) in [4.78, 5) is 39.2. The van der Waals surface area contributed by atoms with E-state index >= 15 is 0 Å². The number of esters is 1. The first-order valence-corrected chi connectivity index (χ1v) is 10.2. The topological polar surface area (TPSA) is 75.7 Å². The van der Waals surface area contributed by atoms with Gasteiger partial charge in [-0.25, -0.2) is 4.79 Å². The van der Waals surface area contributed by atoms with Gasteiger partial charge < -0.3 is 15.0 Å². The van der Waals surface area contributed by atoms with Crippen molar-refractivity contribution in [2.75, 3.05) is 25.0 Å². The second-order valence-electron chi connectivity index (χ2n) is 7.33. The van der Waals surface area contributed by atoms with E-state index in [1.54, 1.807) is 41.3 Å². The molecule has 6 nitrogen and oxygen atoms in total. The third-order valence-electron chi connectivity index (χ3n) is 4.65. The van der Waals surface area contributed by atoms with Gasteiger partial charge >= 0.3 is 5.97 Å². The molecule has 2 unspecified atom stereocenters. The number of amides is 2. The van der Waals surface area contributed by atoms with Gasteiger partial charge in [0.2, 0.25) is 0 Å². The van der Waals surface area contributed by atoms with Crippen LogP contribution in [0.1, 0.15) is 40.3 Å². The van der Waals surface area contributed by atoms with E-state index in [4.69, 9.17) is 4.74 Å². The summed E-state index contributed by atoms with van der Waals surface area (Å²) in [7, 11) is 0. The van der Waals surface area contributed by atoms with Gasteiger partial charge in [0.1, 0.15) is 0 Å². The van der Waals surface area contributed by atoms with Crippen LogP contribution in [0.3, 0.4) is 0 Å². The van der Waals surface area contributed by atoms with Crippen LogP contribution in [0.4, 0.5) is 5.69 Å². The zero-order valence-electron chi connectivity index (χ0n) is 16.0. The van der Waals surface area contributed by atoms with E-state index in [-0.39, 0.29) is 24.0 Å². The zero-order valence-corrected chi connectivity index (χ0v) is 16.8. The lowest BCUT2D eigenvalue weighted by Gasteiger charge is -2.34. The molecule has 2 heterocycles. The SMILES string of the molecule is CC1CC(C)CN(C(=O)COC(=O)c2cccc(NC(=O)c3cccs3)c2)C1. The highest BCUT2D eigenvalue weighted by molar-refractivity contribution is 7.12. The summed E-state index contributed by atoms with van der Waals surface area (Å²) in [5.41, 5.74) is 0.787. The average Bonchev–Trinajstić information content (AvgIpc) is 3.20. The Morgan fingerprint density at radius 1 is 1.14 bits per heavy atom. The molecular weight excluding hydrogens is 376 g/mol. The van der Waals surface area contributed by atoms with E-state index in [1.807, 2.05) is 5.38 Å². The molecule has 1 aromatic carbocycles. The molecule has 1 N–H and O–H groups in total. The van der Waals surface area contributed by atoms with Crippen molar-refractivity contribution in [3.8, 4) is 0 Å². The smallest absolute Gasteiger partial charge is 0.338 e. The Morgan fingerprint density at radius 3 is 2.57 bits per heavy atom. The predicted molar refractivity (Wildman–Crippen MR) is 109 cm³/mol. The number of ether oxygens (including phenoxy) is 1. The molecule has 1 aliphatic heterocycles. The van der Waals surface area contributed by atoms with Crippen LogP contribution in [0.5, 0.6) is 0 Å². The monoisotopic (exact) mass is 400 g/mol. The first-order chi connectivity index (χ1) is 13.4. The Hall–Kier alpha value is -2.67. The van der Waals surface area contributed by atoms with Crippen LogP contribution in [0.2, 0.25) is 0 Å². The third-order valence-corrected chi connectivity index (χ3v) is 5.52. The summed E-state index contributed by atoms with van der Waals surface area (Å²) < 4.78 is 5.21. The molecule has 0 spiro atoms. The van der Waals surface area contributed by atoms with Crippen LogP contribution >= 0.6 is 11.3 Å². The highest BCUT2D eigenvalue weighted by Crippen LogP contribution is 2.21. The maximum atomic E-state index is 12.4. The van der Waals surface area contributed by atoms with Gasteiger partial charge in [-0.05, 0) is 47.9 Å². The molecule has 0 saturated carbocycles. The predicted octanol–water partition coefficient (Wildman–Crippen LogP) is 3.66. The third kappa shape index (κ3) is 5.19. The summed E-state index contributed by atoms with van der Waals surface area (Å²) in [5.74, 6) is -0.0873. The lowest BCUT2D eigenvalue weighted by molar-refractivity contribution is -0.137. The Morgan fingerprint density at radius 2 is 1.89 bits per heavy atom. The lowest BCUT2D eigenvalue weighted by atomic mass is 9.92. The number of likely N-dealkylation sites (tertiary alicyclic amines) is 1. The molecule has 2 aromatic rings. The maximum absolute atomic E-state index is 12.4. The van der Waals surface area contributed by atoms with Crippen LogP contribution in [-0.2, 0) is 9.53 Å². The second kappa shape index (κ2) is 9.01. The van der Waals surface area contributed by atoms with Crippen molar-refractivity contribution in [3.05, 3.63) is 52.2 Å². The van der Waals surface area contributed by atoms with Crippen LogP contribution in [0.25, 0.3) is 0 Å². The van der Waals surface area contributed by atoms with Crippen molar-refractivity contribution >= 4 is 34.8 Å². The number of nitrogens with one attached hydrogen (secondary N) is 1. The Balaban J connectivity index is 1.55.